The summed E-state index contributed by atoms with van der Waals surface area (Å²) < 4.78 is 28.8. The zero-order valence-corrected chi connectivity index (χ0v) is 15.7. The molecule has 0 spiro atoms. The molecule has 0 aliphatic heterocycles. The maximum absolute atomic E-state index is 12.1. The fourth-order valence-electron chi connectivity index (χ4n) is 2.58. The molecule has 1 aromatic heterocycles. The maximum atomic E-state index is 12.1. The molecule has 0 saturated heterocycles. The molecular formula is C20H26O4S. The summed E-state index contributed by atoms with van der Waals surface area (Å²) in [6.07, 6.45) is 4.71. The van der Waals surface area contributed by atoms with Gasteiger partial charge in [-0.25, -0.2) is 8.42 Å². The summed E-state index contributed by atoms with van der Waals surface area (Å²) in [6, 6.07) is 11.6. The van der Waals surface area contributed by atoms with Gasteiger partial charge in [0.15, 0.2) is 9.84 Å². The average Bonchev–Trinajstić information content (AvgIpc) is 3.09. The molecule has 0 fully saturated rings. The van der Waals surface area contributed by atoms with E-state index in [1.54, 1.807) is 20.1 Å². The predicted octanol–water partition coefficient (Wildman–Crippen LogP) is 4.44. The van der Waals surface area contributed by atoms with Gasteiger partial charge in [0.25, 0.3) is 0 Å². The van der Waals surface area contributed by atoms with Gasteiger partial charge in [0.2, 0.25) is 0 Å². The first-order valence-electron chi connectivity index (χ1n) is 8.74. The van der Waals surface area contributed by atoms with Gasteiger partial charge in [-0.3, -0.25) is 4.79 Å². The predicted molar refractivity (Wildman–Crippen MR) is 100 cm³/mol. The van der Waals surface area contributed by atoms with Crippen LogP contribution in [0.1, 0.15) is 45.1 Å². The van der Waals surface area contributed by atoms with Crippen molar-refractivity contribution in [3.63, 3.8) is 0 Å². The third-order valence-corrected chi connectivity index (χ3v) is 6.56. The number of ketones is 1. The standard InChI is InChI=1S/C20H26O4S/c1-16(2)25(22,23)14-5-3-4-7-19(21)15-17-9-11-18(12-10-17)20-8-6-13-24-20/h6,8-13,16H,3-5,7,14-15H2,1-2H3. The Morgan fingerprint density at radius 3 is 2.36 bits per heavy atom. The minimum absolute atomic E-state index is 0.192. The van der Waals surface area contributed by atoms with Gasteiger partial charge < -0.3 is 4.42 Å². The molecule has 0 unspecified atom stereocenters. The number of sulfone groups is 1. The van der Waals surface area contributed by atoms with Gasteiger partial charge in [-0.2, -0.15) is 0 Å². The highest BCUT2D eigenvalue weighted by molar-refractivity contribution is 7.91. The SMILES string of the molecule is CC(C)S(=O)(=O)CCCCCC(=O)Cc1ccc(-c2ccco2)cc1. The monoisotopic (exact) mass is 362 g/mol. The summed E-state index contributed by atoms with van der Waals surface area (Å²) >= 11 is 0. The van der Waals surface area contributed by atoms with Crippen LogP contribution in [-0.2, 0) is 21.1 Å². The number of carbonyl (C=O) groups is 1. The molecule has 5 heteroatoms. The summed E-state index contributed by atoms with van der Waals surface area (Å²) in [5, 5.41) is -0.321. The van der Waals surface area contributed by atoms with Gasteiger partial charge in [-0.05, 0) is 44.4 Å². The zero-order valence-electron chi connectivity index (χ0n) is 14.9. The molecule has 0 bridgehead atoms. The van der Waals surface area contributed by atoms with Crippen LogP contribution < -0.4 is 0 Å². The Morgan fingerprint density at radius 1 is 1.04 bits per heavy atom. The van der Waals surface area contributed by atoms with Gasteiger partial charge in [-0.15, -0.1) is 0 Å². The Balaban J connectivity index is 1.70. The van der Waals surface area contributed by atoms with Crippen molar-refractivity contribution in [3.05, 3.63) is 48.2 Å². The molecule has 0 N–H and O–H groups in total. The van der Waals surface area contributed by atoms with Crippen molar-refractivity contribution in [2.75, 3.05) is 5.75 Å². The highest BCUT2D eigenvalue weighted by Crippen LogP contribution is 2.20. The van der Waals surface area contributed by atoms with Gasteiger partial charge in [-0.1, -0.05) is 30.7 Å². The first-order valence-corrected chi connectivity index (χ1v) is 10.5. The Morgan fingerprint density at radius 2 is 1.76 bits per heavy atom. The van der Waals surface area contributed by atoms with Crippen molar-refractivity contribution >= 4 is 15.6 Å². The number of furan rings is 1. The van der Waals surface area contributed by atoms with E-state index in [1.807, 2.05) is 36.4 Å². The first kappa shape index (κ1) is 19.4. The number of carbonyl (C=O) groups excluding carboxylic acids is 1. The molecule has 4 nitrogen and oxygen atoms in total. The van der Waals surface area contributed by atoms with Crippen LogP contribution in [0.25, 0.3) is 11.3 Å². The average molecular weight is 362 g/mol. The second-order valence-corrected chi connectivity index (χ2v) is 9.29. The normalized spacial score (nSPS) is 11.8. The lowest BCUT2D eigenvalue weighted by Gasteiger charge is -2.07. The molecule has 2 rings (SSSR count). The second-order valence-electron chi connectivity index (χ2n) is 6.62. The van der Waals surface area contributed by atoms with E-state index in [9.17, 15) is 13.2 Å². The summed E-state index contributed by atoms with van der Waals surface area (Å²) in [5.74, 6) is 1.22. The van der Waals surface area contributed by atoms with E-state index in [-0.39, 0.29) is 16.8 Å². The lowest BCUT2D eigenvalue weighted by molar-refractivity contribution is -0.118. The second kappa shape index (κ2) is 8.99. The number of unbranched alkanes of at least 4 members (excludes halogenated alkanes) is 2. The fourth-order valence-corrected chi connectivity index (χ4v) is 3.66. The van der Waals surface area contributed by atoms with Crippen molar-refractivity contribution < 1.29 is 17.6 Å². The molecule has 1 heterocycles. The molecule has 136 valence electrons. The van der Waals surface area contributed by atoms with Crippen LogP contribution in [0.3, 0.4) is 0 Å². The molecule has 0 atom stereocenters. The van der Waals surface area contributed by atoms with Crippen molar-refractivity contribution in [1.82, 2.24) is 0 Å². The number of hydrogen-bond donors (Lipinski definition) is 0. The van der Waals surface area contributed by atoms with E-state index in [4.69, 9.17) is 4.42 Å². The Bertz CT molecular complexity index is 757. The summed E-state index contributed by atoms with van der Waals surface area (Å²) in [7, 11) is -2.96. The van der Waals surface area contributed by atoms with Crippen LogP contribution in [0, 0.1) is 0 Å². The number of hydrogen-bond acceptors (Lipinski definition) is 4. The summed E-state index contributed by atoms with van der Waals surface area (Å²) in [4.78, 5) is 12.1. The molecule has 0 saturated carbocycles. The highest BCUT2D eigenvalue weighted by Gasteiger charge is 2.15. The van der Waals surface area contributed by atoms with Gasteiger partial charge in [0.1, 0.15) is 11.5 Å². The minimum atomic E-state index is -2.96. The van der Waals surface area contributed by atoms with E-state index in [1.165, 1.54) is 0 Å². The minimum Gasteiger partial charge on any atom is -0.464 e. The Kier molecular flexibility index (Phi) is 7.00. The van der Waals surface area contributed by atoms with Crippen LogP contribution in [0.15, 0.2) is 47.1 Å². The topological polar surface area (TPSA) is 64.3 Å². The third-order valence-electron chi connectivity index (χ3n) is 4.26. The van der Waals surface area contributed by atoms with E-state index >= 15 is 0 Å². The maximum Gasteiger partial charge on any atom is 0.152 e. The lowest BCUT2D eigenvalue weighted by Crippen LogP contribution is -2.17. The smallest absolute Gasteiger partial charge is 0.152 e. The van der Waals surface area contributed by atoms with Crippen LogP contribution in [0.4, 0.5) is 0 Å². The van der Waals surface area contributed by atoms with Gasteiger partial charge in [0, 0.05) is 18.4 Å². The van der Waals surface area contributed by atoms with E-state index in [0.29, 0.717) is 19.3 Å². The summed E-state index contributed by atoms with van der Waals surface area (Å²) in [6.45, 7) is 3.41. The van der Waals surface area contributed by atoms with Crippen molar-refractivity contribution in [1.29, 1.82) is 0 Å². The Hall–Kier alpha value is -1.88. The van der Waals surface area contributed by atoms with E-state index in [2.05, 4.69) is 0 Å². The molecule has 0 radical (unpaired) electrons. The molecule has 1 aromatic carbocycles. The molecular weight excluding hydrogens is 336 g/mol. The van der Waals surface area contributed by atoms with Gasteiger partial charge in [0.05, 0.1) is 17.3 Å². The largest absolute Gasteiger partial charge is 0.464 e. The third kappa shape index (κ3) is 6.16. The number of Topliss-reactive ketones (excluding diaryl/α,β-unsaturated/α-hetero) is 1. The lowest BCUT2D eigenvalue weighted by atomic mass is 10.0. The molecule has 2 aromatic rings. The zero-order chi connectivity index (χ0) is 18.3. The van der Waals surface area contributed by atoms with Crippen molar-refractivity contribution in [2.24, 2.45) is 0 Å². The first-order chi connectivity index (χ1) is 11.9. The Labute approximate surface area is 150 Å². The fraction of sp³-hybridized carbons (Fsp3) is 0.450. The molecule has 0 amide bonds. The van der Waals surface area contributed by atoms with Crippen LogP contribution >= 0.6 is 0 Å². The number of rotatable bonds is 10. The van der Waals surface area contributed by atoms with Crippen LogP contribution in [0.2, 0.25) is 0 Å². The number of benzene rings is 1. The van der Waals surface area contributed by atoms with Crippen LogP contribution in [-0.4, -0.2) is 25.2 Å². The molecule has 0 aliphatic rings. The van der Waals surface area contributed by atoms with Crippen molar-refractivity contribution in [3.8, 4) is 11.3 Å². The quantitative estimate of drug-likeness (QED) is 0.586. The van der Waals surface area contributed by atoms with Crippen molar-refractivity contribution in [2.45, 2.75) is 51.2 Å². The summed E-state index contributed by atoms with van der Waals surface area (Å²) in [5.41, 5.74) is 1.98. The van der Waals surface area contributed by atoms with Gasteiger partial charge >= 0.3 is 0 Å². The van der Waals surface area contributed by atoms with E-state index < -0.39 is 9.84 Å². The molecule has 25 heavy (non-hydrogen) atoms. The highest BCUT2D eigenvalue weighted by atomic mass is 32.2. The van der Waals surface area contributed by atoms with E-state index in [0.717, 1.165) is 29.7 Å². The van der Waals surface area contributed by atoms with Crippen LogP contribution in [0.5, 0.6) is 0 Å². The molecule has 0 aliphatic carbocycles.